The molecule has 0 spiro atoms. The van der Waals surface area contributed by atoms with Crippen LogP contribution in [0.25, 0.3) is 0 Å². The lowest BCUT2D eigenvalue weighted by atomic mass is 10.3. The molecule has 0 aromatic heterocycles. The van der Waals surface area contributed by atoms with Crippen molar-refractivity contribution in [2.75, 3.05) is 45.9 Å². The van der Waals surface area contributed by atoms with E-state index < -0.39 is 0 Å². The van der Waals surface area contributed by atoms with Gasteiger partial charge in [-0.25, -0.2) is 0 Å². The fourth-order valence-electron chi connectivity index (χ4n) is 1.66. The summed E-state index contributed by atoms with van der Waals surface area (Å²) in [7, 11) is 0. The van der Waals surface area contributed by atoms with Gasteiger partial charge in [0.05, 0.1) is 6.61 Å². The Balaban J connectivity index is 1.46. The molecule has 76 valence electrons. The summed E-state index contributed by atoms with van der Waals surface area (Å²) in [5, 5.41) is 3.35. The molecule has 0 bridgehead atoms. The molecule has 1 aliphatic carbocycles. The highest BCUT2D eigenvalue weighted by molar-refractivity contribution is 4.72. The standard InChI is InChI=1S/C10H20N2O/c1-2-10(1)9-13-8-7-12-5-3-11-4-6-12/h10-11H,1-9H2. The van der Waals surface area contributed by atoms with E-state index in [0.29, 0.717) is 0 Å². The quantitative estimate of drug-likeness (QED) is 0.623. The molecule has 0 aromatic rings. The summed E-state index contributed by atoms with van der Waals surface area (Å²) >= 11 is 0. The predicted octanol–water partition coefficient (Wildman–Crippen LogP) is 0.318. The monoisotopic (exact) mass is 184 g/mol. The number of hydrogen-bond donors (Lipinski definition) is 1. The van der Waals surface area contributed by atoms with Crippen LogP contribution in [0.1, 0.15) is 12.8 Å². The summed E-state index contributed by atoms with van der Waals surface area (Å²) in [6, 6.07) is 0. The van der Waals surface area contributed by atoms with E-state index in [1.54, 1.807) is 0 Å². The van der Waals surface area contributed by atoms with Crippen molar-refractivity contribution in [1.82, 2.24) is 10.2 Å². The lowest BCUT2D eigenvalue weighted by Crippen LogP contribution is -2.44. The maximum absolute atomic E-state index is 5.60. The van der Waals surface area contributed by atoms with E-state index in [0.717, 1.165) is 38.8 Å². The molecule has 1 saturated heterocycles. The third kappa shape index (κ3) is 3.63. The first-order chi connectivity index (χ1) is 6.45. The van der Waals surface area contributed by atoms with Crippen molar-refractivity contribution in [2.45, 2.75) is 12.8 Å². The summed E-state index contributed by atoms with van der Waals surface area (Å²) in [5.41, 5.74) is 0. The van der Waals surface area contributed by atoms with Gasteiger partial charge in [-0.3, -0.25) is 4.90 Å². The average Bonchev–Trinajstić information content (AvgIpc) is 2.98. The molecule has 0 atom stereocenters. The summed E-state index contributed by atoms with van der Waals surface area (Å²) in [6.45, 7) is 7.71. The van der Waals surface area contributed by atoms with E-state index in [4.69, 9.17) is 4.74 Å². The van der Waals surface area contributed by atoms with Crippen molar-refractivity contribution in [3.63, 3.8) is 0 Å². The first-order valence-electron chi connectivity index (χ1n) is 5.46. The van der Waals surface area contributed by atoms with E-state index in [2.05, 4.69) is 10.2 Å². The van der Waals surface area contributed by atoms with E-state index in [1.807, 2.05) is 0 Å². The van der Waals surface area contributed by atoms with E-state index in [9.17, 15) is 0 Å². The fraction of sp³-hybridized carbons (Fsp3) is 1.00. The predicted molar refractivity (Wildman–Crippen MR) is 52.9 cm³/mol. The zero-order valence-electron chi connectivity index (χ0n) is 8.30. The highest BCUT2D eigenvalue weighted by atomic mass is 16.5. The Morgan fingerprint density at radius 2 is 2.00 bits per heavy atom. The Morgan fingerprint density at radius 3 is 2.69 bits per heavy atom. The molecular formula is C10H20N2O. The summed E-state index contributed by atoms with van der Waals surface area (Å²) < 4.78 is 5.60. The van der Waals surface area contributed by atoms with Gasteiger partial charge in [-0.1, -0.05) is 0 Å². The van der Waals surface area contributed by atoms with E-state index in [-0.39, 0.29) is 0 Å². The van der Waals surface area contributed by atoms with Crippen molar-refractivity contribution in [3.8, 4) is 0 Å². The summed E-state index contributed by atoms with van der Waals surface area (Å²) in [6.07, 6.45) is 2.79. The van der Waals surface area contributed by atoms with Crippen LogP contribution in [0, 0.1) is 5.92 Å². The van der Waals surface area contributed by atoms with Gasteiger partial charge in [0, 0.05) is 39.3 Å². The van der Waals surface area contributed by atoms with Gasteiger partial charge in [0.2, 0.25) is 0 Å². The summed E-state index contributed by atoms with van der Waals surface area (Å²) in [5.74, 6) is 0.906. The average molecular weight is 184 g/mol. The SMILES string of the molecule is C1CN(CCOCC2CC2)CCN1. The molecule has 1 saturated carbocycles. The molecule has 0 radical (unpaired) electrons. The zero-order valence-corrected chi connectivity index (χ0v) is 8.30. The Labute approximate surface area is 80.4 Å². The lowest BCUT2D eigenvalue weighted by molar-refractivity contribution is 0.0922. The molecule has 0 aromatic carbocycles. The van der Waals surface area contributed by atoms with Gasteiger partial charge >= 0.3 is 0 Å². The number of rotatable bonds is 5. The van der Waals surface area contributed by atoms with Crippen LogP contribution in [0.15, 0.2) is 0 Å². The zero-order chi connectivity index (χ0) is 8.93. The first kappa shape index (κ1) is 9.44. The van der Waals surface area contributed by atoms with Gasteiger partial charge in [0.1, 0.15) is 0 Å². The highest BCUT2D eigenvalue weighted by Crippen LogP contribution is 2.28. The Morgan fingerprint density at radius 1 is 1.23 bits per heavy atom. The molecular weight excluding hydrogens is 164 g/mol. The number of hydrogen-bond acceptors (Lipinski definition) is 3. The number of ether oxygens (including phenoxy) is 1. The first-order valence-corrected chi connectivity index (χ1v) is 5.46. The van der Waals surface area contributed by atoms with E-state index in [1.165, 1.54) is 25.9 Å². The maximum atomic E-state index is 5.60. The van der Waals surface area contributed by atoms with Crippen LogP contribution in [0.5, 0.6) is 0 Å². The van der Waals surface area contributed by atoms with Crippen molar-refractivity contribution in [2.24, 2.45) is 5.92 Å². The van der Waals surface area contributed by atoms with Crippen molar-refractivity contribution < 1.29 is 4.74 Å². The van der Waals surface area contributed by atoms with Crippen LogP contribution in [0.3, 0.4) is 0 Å². The molecule has 2 rings (SSSR count). The third-order valence-electron chi connectivity index (χ3n) is 2.81. The van der Waals surface area contributed by atoms with Gasteiger partial charge in [-0.15, -0.1) is 0 Å². The molecule has 3 nitrogen and oxygen atoms in total. The molecule has 1 heterocycles. The number of nitrogens with zero attached hydrogens (tertiary/aromatic N) is 1. The smallest absolute Gasteiger partial charge is 0.0593 e. The minimum absolute atomic E-state index is 0.906. The Kier molecular flexibility index (Phi) is 3.58. The second kappa shape index (κ2) is 4.94. The van der Waals surface area contributed by atoms with Crippen LogP contribution in [0.2, 0.25) is 0 Å². The van der Waals surface area contributed by atoms with Gasteiger partial charge < -0.3 is 10.1 Å². The van der Waals surface area contributed by atoms with Crippen molar-refractivity contribution in [1.29, 1.82) is 0 Å². The topological polar surface area (TPSA) is 24.5 Å². The summed E-state index contributed by atoms with van der Waals surface area (Å²) in [4.78, 5) is 2.48. The molecule has 2 fully saturated rings. The molecule has 1 aliphatic heterocycles. The van der Waals surface area contributed by atoms with Crippen LogP contribution in [-0.4, -0.2) is 50.8 Å². The minimum Gasteiger partial charge on any atom is -0.380 e. The second-order valence-electron chi connectivity index (χ2n) is 4.11. The fourth-order valence-corrected chi connectivity index (χ4v) is 1.66. The number of piperazine rings is 1. The number of nitrogens with one attached hydrogen (secondary N) is 1. The van der Waals surface area contributed by atoms with Crippen LogP contribution in [0.4, 0.5) is 0 Å². The van der Waals surface area contributed by atoms with Crippen LogP contribution < -0.4 is 5.32 Å². The normalized spacial score (nSPS) is 24.9. The molecule has 13 heavy (non-hydrogen) atoms. The lowest BCUT2D eigenvalue weighted by Gasteiger charge is -2.26. The Bertz CT molecular complexity index is 142. The highest BCUT2D eigenvalue weighted by Gasteiger charge is 2.21. The van der Waals surface area contributed by atoms with Gasteiger partial charge in [-0.05, 0) is 18.8 Å². The molecule has 0 unspecified atom stereocenters. The molecule has 2 aliphatic rings. The van der Waals surface area contributed by atoms with Gasteiger partial charge in [0.15, 0.2) is 0 Å². The van der Waals surface area contributed by atoms with E-state index >= 15 is 0 Å². The maximum Gasteiger partial charge on any atom is 0.0593 e. The molecule has 1 N–H and O–H groups in total. The largest absolute Gasteiger partial charge is 0.380 e. The van der Waals surface area contributed by atoms with Crippen molar-refractivity contribution >= 4 is 0 Å². The second-order valence-corrected chi connectivity index (χ2v) is 4.11. The Hall–Kier alpha value is -0.120. The van der Waals surface area contributed by atoms with Crippen molar-refractivity contribution in [3.05, 3.63) is 0 Å². The van der Waals surface area contributed by atoms with Crippen LogP contribution >= 0.6 is 0 Å². The van der Waals surface area contributed by atoms with Gasteiger partial charge in [0.25, 0.3) is 0 Å². The van der Waals surface area contributed by atoms with Crippen LogP contribution in [-0.2, 0) is 4.74 Å². The van der Waals surface area contributed by atoms with Gasteiger partial charge in [-0.2, -0.15) is 0 Å². The minimum atomic E-state index is 0.906. The molecule has 0 amide bonds. The molecule has 3 heteroatoms. The third-order valence-corrected chi connectivity index (χ3v) is 2.81.